The van der Waals surface area contributed by atoms with Crippen LogP contribution >= 0.6 is 0 Å². The zero-order valence-corrected chi connectivity index (χ0v) is 13.2. The molecule has 1 saturated heterocycles. The smallest absolute Gasteiger partial charge is 0.418 e. The molecule has 1 unspecified atom stereocenters. The Hall–Kier alpha value is -1.59. The van der Waals surface area contributed by atoms with Crippen molar-refractivity contribution in [1.82, 2.24) is 4.90 Å². The van der Waals surface area contributed by atoms with E-state index in [0.717, 1.165) is 4.90 Å². The summed E-state index contributed by atoms with van der Waals surface area (Å²) in [4.78, 5) is 37.6. The molecule has 6 heteroatoms. The minimum atomic E-state index is -1.34. The Morgan fingerprint density at radius 3 is 2.10 bits per heavy atom. The lowest BCUT2D eigenvalue weighted by Gasteiger charge is -2.32. The second-order valence-electron chi connectivity index (χ2n) is 6.95. The van der Waals surface area contributed by atoms with Gasteiger partial charge < -0.3 is 9.47 Å². The second kappa shape index (κ2) is 4.75. The number of imide groups is 1. The summed E-state index contributed by atoms with van der Waals surface area (Å²) in [5, 5.41) is 0. The van der Waals surface area contributed by atoms with Crippen LogP contribution in [-0.4, -0.2) is 41.1 Å². The Morgan fingerprint density at radius 1 is 1.20 bits per heavy atom. The van der Waals surface area contributed by atoms with E-state index in [-0.39, 0.29) is 6.42 Å². The molecule has 0 N–H and O–H groups in total. The molecule has 1 aliphatic heterocycles. The van der Waals surface area contributed by atoms with E-state index in [1.54, 1.807) is 34.6 Å². The van der Waals surface area contributed by atoms with Gasteiger partial charge in [-0.25, -0.2) is 14.5 Å². The molecule has 0 saturated carbocycles. The minimum absolute atomic E-state index is 0.199. The number of rotatable bonds is 1. The molecular formula is C14H23NO5. The van der Waals surface area contributed by atoms with Crippen molar-refractivity contribution in [1.29, 1.82) is 0 Å². The molecule has 0 aliphatic carbocycles. The number of nitrogens with zero attached hydrogens (tertiary/aromatic N) is 1. The predicted octanol–water partition coefficient (Wildman–Crippen LogP) is 2.11. The number of carbonyl (C=O) groups excluding carboxylic acids is 3. The lowest BCUT2D eigenvalue weighted by Crippen LogP contribution is -2.54. The van der Waals surface area contributed by atoms with Crippen LogP contribution in [-0.2, 0) is 19.1 Å². The van der Waals surface area contributed by atoms with E-state index in [9.17, 15) is 14.4 Å². The Bertz CT molecular complexity index is 449. The number of methoxy groups -OCH3 is 1. The molecule has 0 aromatic rings. The third-order valence-corrected chi connectivity index (χ3v) is 3.26. The molecule has 0 radical (unpaired) electrons. The molecule has 2 amide bonds. The van der Waals surface area contributed by atoms with Crippen LogP contribution in [0.5, 0.6) is 0 Å². The Kier molecular flexibility index (Phi) is 3.91. The van der Waals surface area contributed by atoms with E-state index in [1.807, 2.05) is 0 Å². The highest BCUT2D eigenvalue weighted by Crippen LogP contribution is 2.43. The maximum Gasteiger partial charge on any atom is 0.418 e. The highest BCUT2D eigenvalue weighted by Gasteiger charge is 2.60. The summed E-state index contributed by atoms with van der Waals surface area (Å²) >= 11 is 0. The number of hydrogen-bond acceptors (Lipinski definition) is 5. The van der Waals surface area contributed by atoms with Gasteiger partial charge in [-0.1, -0.05) is 13.8 Å². The van der Waals surface area contributed by atoms with Gasteiger partial charge in [0, 0.05) is 5.41 Å². The van der Waals surface area contributed by atoms with Crippen molar-refractivity contribution in [2.24, 2.45) is 5.41 Å². The summed E-state index contributed by atoms with van der Waals surface area (Å²) in [6.45, 7) is 10.0. The van der Waals surface area contributed by atoms with Crippen molar-refractivity contribution in [2.75, 3.05) is 7.11 Å². The third-order valence-electron chi connectivity index (χ3n) is 3.26. The van der Waals surface area contributed by atoms with Crippen molar-refractivity contribution in [3.05, 3.63) is 0 Å². The Balaban J connectivity index is 3.21. The Labute approximate surface area is 119 Å². The molecule has 0 bridgehead atoms. The average molecular weight is 285 g/mol. The summed E-state index contributed by atoms with van der Waals surface area (Å²) < 4.78 is 9.98. The number of esters is 1. The van der Waals surface area contributed by atoms with Gasteiger partial charge in [-0.3, -0.25) is 4.79 Å². The maximum atomic E-state index is 12.4. The van der Waals surface area contributed by atoms with E-state index >= 15 is 0 Å². The van der Waals surface area contributed by atoms with Crippen LogP contribution in [0, 0.1) is 5.41 Å². The van der Waals surface area contributed by atoms with Crippen LogP contribution in [0.25, 0.3) is 0 Å². The van der Waals surface area contributed by atoms with E-state index in [0.29, 0.717) is 0 Å². The molecule has 1 heterocycles. The highest BCUT2D eigenvalue weighted by atomic mass is 16.6. The summed E-state index contributed by atoms with van der Waals surface area (Å²) in [5.41, 5.74) is -2.90. The van der Waals surface area contributed by atoms with Gasteiger partial charge >= 0.3 is 12.1 Å². The minimum Gasteiger partial charge on any atom is -0.467 e. The highest BCUT2D eigenvalue weighted by molar-refractivity contribution is 6.04. The summed E-state index contributed by atoms with van der Waals surface area (Å²) in [7, 11) is 1.23. The SMILES string of the molecule is COC(=O)C1(C)CC(C)(C)C(=O)N1C(=O)OC(C)(C)C. The third kappa shape index (κ3) is 2.78. The van der Waals surface area contributed by atoms with Crippen molar-refractivity contribution in [3.8, 4) is 0 Å². The summed E-state index contributed by atoms with van der Waals surface area (Å²) in [6, 6.07) is 0. The predicted molar refractivity (Wildman–Crippen MR) is 71.9 cm³/mol. The van der Waals surface area contributed by atoms with Gasteiger partial charge in [0.1, 0.15) is 11.1 Å². The molecule has 1 atom stereocenters. The van der Waals surface area contributed by atoms with Crippen molar-refractivity contribution < 1.29 is 23.9 Å². The molecule has 20 heavy (non-hydrogen) atoms. The largest absolute Gasteiger partial charge is 0.467 e. The fraction of sp³-hybridized carbons (Fsp3) is 0.786. The normalized spacial score (nSPS) is 25.6. The zero-order valence-electron chi connectivity index (χ0n) is 13.2. The van der Waals surface area contributed by atoms with E-state index in [1.165, 1.54) is 14.0 Å². The first-order valence-corrected chi connectivity index (χ1v) is 6.51. The van der Waals surface area contributed by atoms with Gasteiger partial charge in [0.15, 0.2) is 0 Å². The van der Waals surface area contributed by atoms with Gasteiger partial charge in [-0.15, -0.1) is 0 Å². The Morgan fingerprint density at radius 2 is 1.70 bits per heavy atom. The van der Waals surface area contributed by atoms with Crippen LogP contribution in [0.1, 0.15) is 48.0 Å². The molecule has 0 aromatic carbocycles. The molecule has 0 spiro atoms. The van der Waals surface area contributed by atoms with Crippen molar-refractivity contribution in [3.63, 3.8) is 0 Å². The van der Waals surface area contributed by atoms with Crippen LogP contribution in [0.15, 0.2) is 0 Å². The van der Waals surface area contributed by atoms with Gasteiger partial charge in [0.2, 0.25) is 5.91 Å². The molecular weight excluding hydrogens is 262 g/mol. The number of hydrogen-bond donors (Lipinski definition) is 0. The number of amides is 2. The molecule has 114 valence electrons. The first-order chi connectivity index (χ1) is 8.85. The topological polar surface area (TPSA) is 72.9 Å². The quantitative estimate of drug-likeness (QED) is 0.690. The fourth-order valence-electron chi connectivity index (χ4n) is 2.52. The second-order valence-corrected chi connectivity index (χ2v) is 6.95. The van der Waals surface area contributed by atoms with Gasteiger partial charge in [-0.2, -0.15) is 0 Å². The molecule has 1 rings (SSSR count). The zero-order chi connectivity index (χ0) is 15.9. The number of likely N-dealkylation sites (tertiary alicyclic amines) is 1. The van der Waals surface area contributed by atoms with Gasteiger partial charge in [0.25, 0.3) is 0 Å². The monoisotopic (exact) mass is 285 g/mol. The number of ether oxygens (including phenoxy) is 2. The standard InChI is InChI=1S/C14H23NO5/c1-12(2,3)20-11(18)15-9(16)13(4,5)8-14(15,6)10(17)19-7/h8H2,1-7H3. The van der Waals surface area contributed by atoms with E-state index in [4.69, 9.17) is 9.47 Å². The van der Waals surface area contributed by atoms with Crippen molar-refractivity contribution >= 4 is 18.0 Å². The van der Waals surface area contributed by atoms with Crippen LogP contribution in [0.4, 0.5) is 4.79 Å². The van der Waals surface area contributed by atoms with Crippen LogP contribution in [0.3, 0.4) is 0 Å². The fourth-order valence-corrected chi connectivity index (χ4v) is 2.52. The first kappa shape index (κ1) is 16.5. The van der Waals surface area contributed by atoms with Crippen molar-refractivity contribution in [2.45, 2.75) is 59.1 Å². The van der Waals surface area contributed by atoms with Crippen LogP contribution in [0.2, 0.25) is 0 Å². The summed E-state index contributed by atoms with van der Waals surface area (Å²) in [5.74, 6) is -1.05. The molecule has 1 aliphatic rings. The molecule has 1 fully saturated rings. The lowest BCUT2D eigenvalue weighted by molar-refractivity contribution is -0.155. The van der Waals surface area contributed by atoms with E-state index < -0.39 is 34.5 Å². The van der Waals surface area contributed by atoms with E-state index in [2.05, 4.69) is 0 Å². The number of carbonyl (C=O) groups is 3. The first-order valence-electron chi connectivity index (χ1n) is 6.51. The average Bonchev–Trinajstić information content (AvgIpc) is 2.42. The van der Waals surface area contributed by atoms with Crippen LogP contribution < -0.4 is 0 Å². The van der Waals surface area contributed by atoms with Gasteiger partial charge in [-0.05, 0) is 34.1 Å². The lowest BCUT2D eigenvalue weighted by atomic mass is 9.84. The van der Waals surface area contributed by atoms with Gasteiger partial charge in [0.05, 0.1) is 7.11 Å². The molecule has 0 aromatic heterocycles. The molecule has 6 nitrogen and oxygen atoms in total. The maximum absolute atomic E-state index is 12.4. The summed E-state index contributed by atoms with van der Waals surface area (Å²) in [6.07, 6.45) is -0.619.